The zero-order valence-corrected chi connectivity index (χ0v) is 14.6. The van der Waals surface area contributed by atoms with Gasteiger partial charge >= 0.3 is 0 Å². The summed E-state index contributed by atoms with van der Waals surface area (Å²) >= 11 is 0. The number of hydrogen-bond acceptors (Lipinski definition) is 6. The third-order valence-electron chi connectivity index (χ3n) is 4.43. The molecule has 29 heavy (non-hydrogen) atoms. The normalized spacial score (nSPS) is 20.4. The van der Waals surface area contributed by atoms with E-state index in [4.69, 9.17) is 0 Å². The van der Waals surface area contributed by atoms with E-state index in [1.807, 2.05) is 0 Å². The SMILES string of the molecule is O=C(CN1N=N[C@@H]2C(=O)N(c3ccc(F)c(F)c3)C(=O)[C@H]21)Nc1cccc(F)c1. The Bertz CT molecular complexity index is 1060. The second-order valence-corrected chi connectivity index (χ2v) is 6.36. The Hall–Kier alpha value is -3.76. The van der Waals surface area contributed by atoms with E-state index in [1.54, 1.807) is 0 Å². The molecule has 0 spiro atoms. The standard InChI is InChI=1S/C18H12F3N5O3/c19-9-2-1-3-10(6-9)22-14(27)8-25-16-15(23-24-25)17(28)26(18(16)29)11-4-5-12(20)13(21)7-11/h1-7,15-16H,8H2,(H,22,27)/t15-,16-/m0/s1. The highest BCUT2D eigenvalue weighted by Gasteiger charge is 2.55. The predicted octanol–water partition coefficient (Wildman–Crippen LogP) is 2.04. The molecular formula is C18H12F3N5O3. The molecule has 11 heteroatoms. The van der Waals surface area contributed by atoms with E-state index in [9.17, 15) is 27.6 Å². The second-order valence-electron chi connectivity index (χ2n) is 6.36. The van der Waals surface area contributed by atoms with Crippen LogP contribution >= 0.6 is 0 Å². The molecule has 0 unspecified atom stereocenters. The fourth-order valence-corrected chi connectivity index (χ4v) is 3.15. The van der Waals surface area contributed by atoms with E-state index in [0.29, 0.717) is 4.90 Å². The summed E-state index contributed by atoms with van der Waals surface area (Å²) in [5.41, 5.74) is 0.0626. The van der Waals surface area contributed by atoms with Crippen LogP contribution in [0, 0.1) is 17.5 Å². The van der Waals surface area contributed by atoms with E-state index in [0.717, 1.165) is 29.3 Å². The number of benzene rings is 2. The van der Waals surface area contributed by atoms with Crippen LogP contribution in [0.2, 0.25) is 0 Å². The number of anilines is 2. The van der Waals surface area contributed by atoms with Crippen LogP contribution in [0.15, 0.2) is 52.8 Å². The molecule has 1 saturated heterocycles. The van der Waals surface area contributed by atoms with Gasteiger partial charge in [-0.1, -0.05) is 11.3 Å². The zero-order chi connectivity index (χ0) is 20.7. The zero-order valence-electron chi connectivity index (χ0n) is 14.6. The third kappa shape index (κ3) is 3.30. The maximum Gasteiger partial charge on any atom is 0.263 e. The quantitative estimate of drug-likeness (QED) is 0.791. The summed E-state index contributed by atoms with van der Waals surface area (Å²) in [7, 11) is 0. The molecule has 2 aromatic rings. The fraction of sp³-hybridized carbons (Fsp3) is 0.167. The van der Waals surface area contributed by atoms with Crippen LogP contribution < -0.4 is 10.2 Å². The Labute approximate surface area is 161 Å². The minimum atomic E-state index is -1.21. The number of nitrogens with one attached hydrogen (secondary N) is 1. The summed E-state index contributed by atoms with van der Waals surface area (Å²) in [6.45, 7) is -0.425. The molecule has 1 N–H and O–H groups in total. The van der Waals surface area contributed by atoms with Crippen LogP contribution in [-0.4, -0.2) is 41.4 Å². The van der Waals surface area contributed by atoms with Gasteiger partial charge in [0, 0.05) is 11.8 Å². The Morgan fingerprint density at radius 1 is 1.03 bits per heavy atom. The first-order valence-corrected chi connectivity index (χ1v) is 8.41. The van der Waals surface area contributed by atoms with Crippen molar-refractivity contribution >= 4 is 29.1 Å². The lowest BCUT2D eigenvalue weighted by molar-refractivity contribution is -0.123. The van der Waals surface area contributed by atoms with Gasteiger partial charge in [-0.25, -0.2) is 18.1 Å². The summed E-state index contributed by atoms with van der Waals surface area (Å²) in [5, 5.41) is 10.9. The Morgan fingerprint density at radius 2 is 1.83 bits per heavy atom. The summed E-state index contributed by atoms with van der Waals surface area (Å²) in [4.78, 5) is 38.2. The lowest BCUT2D eigenvalue weighted by atomic mass is 10.1. The number of rotatable bonds is 4. The van der Waals surface area contributed by atoms with Gasteiger partial charge in [0.15, 0.2) is 23.7 Å². The first-order chi connectivity index (χ1) is 13.8. The number of hydrogen-bond donors (Lipinski definition) is 1. The van der Waals surface area contributed by atoms with Crippen molar-refractivity contribution < 1.29 is 27.6 Å². The third-order valence-corrected chi connectivity index (χ3v) is 4.43. The van der Waals surface area contributed by atoms with Crippen LogP contribution in [-0.2, 0) is 14.4 Å². The lowest BCUT2D eigenvalue weighted by Crippen LogP contribution is -2.43. The van der Waals surface area contributed by atoms with Crippen molar-refractivity contribution in [2.24, 2.45) is 10.3 Å². The summed E-state index contributed by atoms with van der Waals surface area (Å²) in [6.07, 6.45) is 0. The monoisotopic (exact) mass is 403 g/mol. The average molecular weight is 403 g/mol. The van der Waals surface area contributed by atoms with Crippen molar-refractivity contribution in [3.63, 3.8) is 0 Å². The molecule has 3 amide bonds. The summed E-state index contributed by atoms with van der Waals surface area (Å²) in [5.74, 6) is -5.02. The highest BCUT2D eigenvalue weighted by molar-refractivity contribution is 6.25. The highest BCUT2D eigenvalue weighted by Crippen LogP contribution is 2.32. The molecule has 2 heterocycles. The molecule has 0 bridgehead atoms. The lowest BCUT2D eigenvalue weighted by Gasteiger charge is -2.20. The van der Waals surface area contributed by atoms with Gasteiger partial charge in [0.25, 0.3) is 11.8 Å². The van der Waals surface area contributed by atoms with Crippen molar-refractivity contribution in [1.29, 1.82) is 0 Å². The molecular weight excluding hydrogens is 391 g/mol. The summed E-state index contributed by atoms with van der Waals surface area (Å²) < 4.78 is 39.9. The first kappa shape index (κ1) is 18.6. The van der Waals surface area contributed by atoms with E-state index in [-0.39, 0.29) is 11.4 Å². The molecule has 1 fully saturated rings. The topological polar surface area (TPSA) is 94.4 Å². The second kappa shape index (κ2) is 7.00. The van der Waals surface area contributed by atoms with E-state index in [2.05, 4.69) is 15.7 Å². The van der Waals surface area contributed by atoms with Crippen molar-refractivity contribution in [2.75, 3.05) is 16.8 Å². The molecule has 2 aliphatic rings. The van der Waals surface area contributed by atoms with Crippen LogP contribution in [0.4, 0.5) is 24.5 Å². The number of imide groups is 1. The molecule has 4 rings (SSSR count). The van der Waals surface area contributed by atoms with Crippen molar-refractivity contribution in [1.82, 2.24) is 5.01 Å². The van der Waals surface area contributed by atoms with E-state index < -0.39 is 53.8 Å². The Balaban J connectivity index is 1.50. The molecule has 2 aliphatic heterocycles. The smallest absolute Gasteiger partial charge is 0.263 e. The van der Waals surface area contributed by atoms with E-state index in [1.165, 1.54) is 18.2 Å². The van der Waals surface area contributed by atoms with Crippen LogP contribution in [0.25, 0.3) is 0 Å². The minimum absolute atomic E-state index is 0.146. The Kier molecular flexibility index (Phi) is 4.49. The molecule has 8 nitrogen and oxygen atoms in total. The van der Waals surface area contributed by atoms with E-state index >= 15 is 0 Å². The minimum Gasteiger partial charge on any atom is -0.324 e. The largest absolute Gasteiger partial charge is 0.324 e. The van der Waals surface area contributed by atoms with Crippen LogP contribution in [0.3, 0.4) is 0 Å². The molecule has 2 aromatic carbocycles. The van der Waals surface area contributed by atoms with Gasteiger partial charge in [-0.05, 0) is 30.3 Å². The number of carbonyl (C=O) groups is 3. The predicted molar refractivity (Wildman–Crippen MR) is 93.0 cm³/mol. The van der Waals surface area contributed by atoms with Crippen molar-refractivity contribution in [2.45, 2.75) is 12.1 Å². The van der Waals surface area contributed by atoms with Crippen molar-refractivity contribution in [3.05, 3.63) is 59.9 Å². The van der Waals surface area contributed by atoms with Gasteiger partial charge in [-0.15, -0.1) is 0 Å². The molecule has 0 saturated carbocycles. The maximum atomic E-state index is 13.5. The highest BCUT2D eigenvalue weighted by atomic mass is 19.2. The molecule has 148 valence electrons. The maximum absolute atomic E-state index is 13.5. The first-order valence-electron chi connectivity index (χ1n) is 8.41. The average Bonchev–Trinajstić information content (AvgIpc) is 3.18. The molecule has 0 radical (unpaired) electrons. The molecule has 0 aromatic heterocycles. The van der Waals surface area contributed by atoms with Gasteiger partial charge in [-0.2, -0.15) is 5.11 Å². The number of carbonyl (C=O) groups excluding carboxylic acids is 3. The van der Waals surface area contributed by atoms with Crippen LogP contribution in [0.1, 0.15) is 0 Å². The fourth-order valence-electron chi connectivity index (χ4n) is 3.15. The van der Waals surface area contributed by atoms with Gasteiger partial charge in [0.1, 0.15) is 12.4 Å². The molecule has 0 aliphatic carbocycles. The van der Waals surface area contributed by atoms with Crippen molar-refractivity contribution in [3.8, 4) is 0 Å². The van der Waals surface area contributed by atoms with Gasteiger partial charge in [0.2, 0.25) is 5.91 Å². The molecule has 2 atom stereocenters. The van der Waals surface area contributed by atoms with Gasteiger partial charge in [-0.3, -0.25) is 19.4 Å². The Morgan fingerprint density at radius 3 is 2.55 bits per heavy atom. The summed E-state index contributed by atoms with van der Waals surface area (Å²) in [6, 6.07) is 5.44. The van der Waals surface area contributed by atoms with Crippen LogP contribution in [0.5, 0.6) is 0 Å². The number of fused-ring (bicyclic) bond motifs is 1. The van der Waals surface area contributed by atoms with Gasteiger partial charge < -0.3 is 5.32 Å². The number of halogens is 3. The number of nitrogens with zero attached hydrogens (tertiary/aromatic N) is 4. The number of amides is 3. The van der Waals surface area contributed by atoms with Gasteiger partial charge in [0.05, 0.1) is 5.69 Å².